The molecule has 0 aromatic heterocycles. The third-order valence-electron chi connectivity index (χ3n) is 4.38. The van der Waals surface area contributed by atoms with E-state index in [1.54, 1.807) is 0 Å². The summed E-state index contributed by atoms with van der Waals surface area (Å²) in [6.07, 6.45) is 4.83. The third kappa shape index (κ3) is 3.08. The van der Waals surface area contributed by atoms with Crippen molar-refractivity contribution >= 4 is 23.3 Å². The summed E-state index contributed by atoms with van der Waals surface area (Å²) < 4.78 is 5.26. The van der Waals surface area contributed by atoms with E-state index in [1.807, 2.05) is 11.8 Å². The van der Waals surface area contributed by atoms with Crippen molar-refractivity contribution in [1.29, 1.82) is 0 Å². The van der Waals surface area contributed by atoms with Gasteiger partial charge in [-0.2, -0.15) is 0 Å². The first-order chi connectivity index (χ1) is 9.75. The number of Topliss-reactive ketones (excluding diaryl/α,β-unsaturated/α-hetero) is 2. The van der Waals surface area contributed by atoms with E-state index >= 15 is 0 Å². The number of thioether (sulfide) groups is 1. The average molecular weight is 298 g/mol. The number of rotatable bonds is 0. The normalized spacial score (nSPS) is 39.8. The Hall–Kier alpha value is -0.430. The van der Waals surface area contributed by atoms with Crippen molar-refractivity contribution in [2.75, 3.05) is 25.4 Å². The molecule has 0 bridgehead atoms. The smallest absolute Gasteiger partial charge is 0.177 e. The monoisotopic (exact) mass is 298 g/mol. The number of piperidine rings is 2. The van der Waals surface area contributed by atoms with Crippen LogP contribution in [-0.4, -0.2) is 60.5 Å². The van der Waals surface area contributed by atoms with E-state index in [2.05, 4.69) is 10.6 Å². The Labute approximate surface area is 123 Å². The largest absolute Gasteiger partial charge is 0.368 e. The molecule has 2 N–H and O–H groups in total. The van der Waals surface area contributed by atoms with E-state index in [9.17, 15) is 9.59 Å². The van der Waals surface area contributed by atoms with Crippen molar-refractivity contribution in [1.82, 2.24) is 10.6 Å². The summed E-state index contributed by atoms with van der Waals surface area (Å²) in [7, 11) is 0. The molecule has 0 aromatic rings. The van der Waals surface area contributed by atoms with Gasteiger partial charge in [0.2, 0.25) is 0 Å². The van der Waals surface area contributed by atoms with E-state index in [0.717, 1.165) is 31.7 Å². The number of ether oxygens (including phenoxy) is 1. The maximum Gasteiger partial charge on any atom is 0.177 e. The maximum atomic E-state index is 11.1. The SMILES string of the molecule is O=C1COC2CCCNC12.O=C1CSC2CCCNC12. The van der Waals surface area contributed by atoms with Crippen LogP contribution in [0.1, 0.15) is 25.7 Å². The third-order valence-corrected chi connectivity index (χ3v) is 5.76. The van der Waals surface area contributed by atoms with Gasteiger partial charge in [0.1, 0.15) is 6.61 Å². The molecular formula is C14H22N2O3S. The van der Waals surface area contributed by atoms with Crippen LogP contribution in [0, 0.1) is 0 Å². The van der Waals surface area contributed by atoms with Gasteiger partial charge in [-0.25, -0.2) is 0 Å². The summed E-state index contributed by atoms with van der Waals surface area (Å²) in [6, 6.07) is 0.229. The number of ketones is 2. The van der Waals surface area contributed by atoms with E-state index < -0.39 is 0 Å². The summed E-state index contributed by atoms with van der Waals surface area (Å²) in [5.74, 6) is 1.38. The summed E-state index contributed by atoms with van der Waals surface area (Å²) >= 11 is 1.82. The molecule has 5 nitrogen and oxygen atoms in total. The molecule has 4 aliphatic rings. The number of carbonyl (C=O) groups is 2. The molecule has 4 atom stereocenters. The van der Waals surface area contributed by atoms with Crippen LogP contribution in [0.5, 0.6) is 0 Å². The van der Waals surface area contributed by atoms with Crippen molar-refractivity contribution in [3.8, 4) is 0 Å². The summed E-state index contributed by atoms with van der Waals surface area (Å²) in [4.78, 5) is 22.1. The lowest BCUT2D eigenvalue weighted by Crippen LogP contribution is -2.45. The highest BCUT2D eigenvalue weighted by Gasteiger charge is 2.37. The number of fused-ring (bicyclic) bond motifs is 2. The highest BCUT2D eigenvalue weighted by atomic mass is 32.2. The van der Waals surface area contributed by atoms with Crippen molar-refractivity contribution in [2.45, 2.75) is 49.1 Å². The number of hydrogen-bond acceptors (Lipinski definition) is 6. The molecule has 0 saturated carbocycles. The lowest BCUT2D eigenvalue weighted by molar-refractivity contribution is -0.119. The quantitative estimate of drug-likeness (QED) is 0.663. The average Bonchev–Trinajstić information content (AvgIpc) is 3.05. The fourth-order valence-electron chi connectivity index (χ4n) is 3.28. The first-order valence-corrected chi connectivity index (χ1v) is 8.56. The molecule has 20 heavy (non-hydrogen) atoms. The van der Waals surface area contributed by atoms with Gasteiger partial charge in [0, 0.05) is 5.25 Å². The molecular weight excluding hydrogens is 276 g/mol. The van der Waals surface area contributed by atoms with Gasteiger partial charge < -0.3 is 15.4 Å². The van der Waals surface area contributed by atoms with E-state index in [0.29, 0.717) is 17.6 Å². The van der Waals surface area contributed by atoms with Crippen LogP contribution in [0.2, 0.25) is 0 Å². The number of carbonyl (C=O) groups excluding carboxylic acids is 2. The molecule has 0 amide bonds. The lowest BCUT2D eigenvalue weighted by atomic mass is 10.0. The second-order valence-electron chi connectivity index (χ2n) is 5.78. The van der Waals surface area contributed by atoms with Crippen molar-refractivity contribution in [3.05, 3.63) is 0 Å². The molecule has 4 unspecified atom stereocenters. The van der Waals surface area contributed by atoms with Crippen molar-refractivity contribution in [2.24, 2.45) is 0 Å². The van der Waals surface area contributed by atoms with Crippen LogP contribution in [0.25, 0.3) is 0 Å². The van der Waals surface area contributed by atoms with Crippen LogP contribution in [0.15, 0.2) is 0 Å². The highest BCUT2D eigenvalue weighted by molar-refractivity contribution is 8.01. The van der Waals surface area contributed by atoms with Crippen LogP contribution in [0.4, 0.5) is 0 Å². The van der Waals surface area contributed by atoms with Crippen molar-refractivity contribution in [3.63, 3.8) is 0 Å². The zero-order valence-corrected chi connectivity index (χ0v) is 12.4. The molecule has 0 aliphatic carbocycles. The van der Waals surface area contributed by atoms with Gasteiger partial charge >= 0.3 is 0 Å². The fourth-order valence-corrected chi connectivity index (χ4v) is 4.61. The van der Waals surface area contributed by atoms with Gasteiger partial charge in [-0.15, -0.1) is 11.8 Å². The van der Waals surface area contributed by atoms with Gasteiger partial charge in [0.15, 0.2) is 11.6 Å². The predicted octanol–water partition coefficient (Wildman–Crippen LogP) is 0.129. The van der Waals surface area contributed by atoms with Crippen LogP contribution >= 0.6 is 11.8 Å². The Morgan fingerprint density at radius 3 is 2.50 bits per heavy atom. The lowest BCUT2D eigenvalue weighted by Gasteiger charge is -2.23. The standard InChI is InChI=1S/C7H11NO2.C7H11NOS/c2*9-5-4-10-6-2-1-3-8-7(5)6/h2*6-8H,1-4H2. The predicted molar refractivity (Wildman–Crippen MR) is 78.0 cm³/mol. The first-order valence-electron chi connectivity index (χ1n) is 7.51. The first kappa shape index (κ1) is 14.5. The highest BCUT2D eigenvalue weighted by Crippen LogP contribution is 2.30. The summed E-state index contributed by atoms with van der Waals surface area (Å²) in [5, 5.41) is 7.02. The fraction of sp³-hybridized carbons (Fsp3) is 0.857. The zero-order valence-electron chi connectivity index (χ0n) is 11.6. The van der Waals surface area contributed by atoms with Gasteiger partial charge in [-0.05, 0) is 38.8 Å². The molecule has 0 spiro atoms. The maximum absolute atomic E-state index is 11.1. The minimum atomic E-state index is 0.0220. The topological polar surface area (TPSA) is 67.4 Å². The van der Waals surface area contributed by atoms with Crippen LogP contribution in [0.3, 0.4) is 0 Å². The summed E-state index contributed by atoms with van der Waals surface area (Å²) in [5.41, 5.74) is 0. The molecule has 4 saturated heterocycles. The Morgan fingerprint density at radius 1 is 1.00 bits per heavy atom. The van der Waals surface area contributed by atoms with Gasteiger partial charge in [-0.1, -0.05) is 0 Å². The minimum absolute atomic E-state index is 0.0220. The minimum Gasteiger partial charge on any atom is -0.368 e. The molecule has 0 aromatic carbocycles. The van der Waals surface area contributed by atoms with Crippen LogP contribution in [-0.2, 0) is 14.3 Å². The molecule has 6 heteroatoms. The van der Waals surface area contributed by atoms with Gasteiger partial charge in [0.25, 0.3) is 0 Å². The second-order valence-corrected chi connectivity index (χ2v) is 7.01. The Balaban J connectivity index is 0.000000121. The number of nitrogens with one attached hydrogen (secondary N) is 2. The molecule has 4 fully saturated rings. The van der Waals surface area contributed by atoms with E-state index in [-0.39, 0.29) is 24.0 Å². The zero-order chi connectivity index (χ0) is 13.9. The molecule has 0 radical (unpaired) electrons. The van der Waals surface area contributed by atoms with Gasteiger partial charge in [-0.3, -0.25) is 9.59 Å². The Morgan fingerprint density at radius 2 is 1.75 bits per heavy atom. The number of hydrogen-bond donors (Lipinski definition) is 2. The molecule has 4 aliphatic heterocycles. The molecule has 4 heterocycles. The molecule has 112 valence electrons. The van der Waals surface area contributed by atoms with Gasteiger partial charge in [0.05, 0.1) is 23.9 Å². The van der Waals surface area contributed by atoms with E-state index in [1.165, 1.54) is 12.8 Å². The summed E-state index contributed by atoms with van der Waals surface area (Å²) in [6.45, 7) is 2.33. The van der Waals surface area contributed by atoms with Crippen molar-refractivity contribution < 1.29 is 14.3 Å². The Kier molecular flexibility index (Phi) is 4.75. The van der Waals surface area contributed by atoms with E-state index in [4.69, 9.17) is 4.74 Å². The van der Waals surface area contributed by atoms with Crippen LogP contribution < -0.4 is 10.6 Å². The second kappa shape index (κ2) is 6.56. The molecule has 4 rings (SSSR count). The Bertz CT molecular complexity index is 355.